The second-order valence-corrected chi connectivity index (χ2v) is 4.81. The van der Waals surface area contributed by atoms with Crippen LogP contribution in [0.25, 0.3) is 0 Å². The van der Waals surface area contributed by atoms with E-state index in [1.807, 2.05) is 12.1 Å². The van der Waals surface area contributed by atoms with Crippen LogP contribution in [0.3, 0.4) is 0 Å². The molecule has 3 heteroatoms. The van der Waals surface area contributed by atoms with Crippen molar-refractivity contribution in [2.24, 2.45) is 0 Å². The van der Waals surface area contributed by atoms with E-state index in [1.54, 1.807) is 0 Å². The zero-order chi connectivity index (χ0) is 12.8. The zero-order valence-electron chi connectivity index (χ0n) is 10.9. The molecule has 3 nitrogen and oxygen atoms in total. The highest BCUT2D eigenvalue weighted by atomic mass is 16.6. The molecule has 1 unspecified atom stereocenters. The van der Waals surface area contributed by atoms with Crippen molar-refractivity contribution in [1.29, 1.82) is 0 Å². The molecule has 98 valence electrons. The molecule has 1 saturated heterocycles. The van der Waals surface area contributed by atoms with Crippen molar-refractivity contribution in [3.63, 3.8) is 0 Å². The van der Waals surface area contributed by atoms with Crippen molar-refractivity contribution in [3.05, 3.63) is 35.4 Å². The van der Waals surface area contributed by atoms with Crippen LogP contribution in [0.15, 0.2) is 24.3 Å². The van der Waals surface area contributed by atoms with Gasteiger partial charge in [0.25, 0.3) is 0 Å². The lowest BCUT2D eigenvalue weighted by atomic mass is 10.1. The summed E-state index contributed by atoms with van der Waals surface area (Å²) in [5.41, 5.74) is 2.41. The summed E-state index contributed by atoms with van der Waals surface area (Å²) in [6.45, 7) is 3.26. The smallest absolute Gasteiger partial charge is 0.306 e. The summed E-state index contributed by atoms with van der Waals surface area (Å²) in [6, 6.07) is 8.22. The van der Waals surface area contributed by atoms with Gasteiger partial charge in [0.05, 0.1) is 6.10 Å². The van der Waals surface area contributed by atoms with Gasteiger partial charge in [-0.15, -0.1) is 0 Å². The van der Waals surface area contributed by atoms with E-state index in [0.29, 0.717) is 13.0 Å². The normalized spacial score (nSPS) is 18.8. The highest BCUT2D eigenvalue weighted by Crippen LogP contribution is 2.12. The van der Waals surface area contributed by atoms with E-state index >= 15 is 0 Å². The van der Waals surface area contributed by atoms with Crippen LogP contribution in [0.4, 0.5) is 0 Å². The summed E-state index contributed by atoms with van der Waals surface area (Å²) in [7, 11) is 0. The number of carbonyl (C=O) groups excluding carboxylic acids is 1. The van der Waals surface area contributed by atoms with Crippen LogP contribution in [0.2, 0.25) is 0 Å². The Balaban J connectivity index is 1.68. The van der Waals surface area contributed by atoms with Crippen LogP contribution in [-0.4, -0.2) is 25.3 Å². The molecule has 0 aliphatic carbocycles. The maximum absolute atomic E-state index is 11.6. The molecule has 1 aromatic rings. The molecule has 2 rings (SSSR count). The number of ether oxygens (including phenoxy) is 2. The summed E-state index contributed by atoms with van der Waals surface area (Å²) in [4.78, 5) is 11.6. The van der Waals surface area contributed by atoms with Gasteiger partial charge in [0, 0.05) is 13.0 Å². The van der Waals surface area contributed by atoms with Gasteiger partial charge in [0.2, 0.25) is 0 Å². The number of carbonyl (C=O) groups is 1. The number of benzene rings is 1. The summed E-state index contributed by atoms with van der Waals surface area (Å²) >= 11 is 0. The van der Waals surface area contributed by atoms with Crippen molar-refractivity contribution in [3.8, 4) is 0 Å². The molecule has 0 aromatic heterocycles. The van der Waals surface area contributed by atoms with Gasteiger partial charge in [-0.2, -0.15) is 0 Å². The SMILES string of the molecule is Cc1cccc(CCC(=O)OCC2CCCO2)c1. The van der Waals surface area contributed by atoms with E-state index in [1.165, 1.54) is 11.1 Å². The van der Waals surface area contributed by atoms with Crippen molar-refractivity contribution in [2.45, 2.75) is 38.7 Å². The molecule has 0 bridgehead atoms. The number of hydrogen-bond donors (Lipinski definition) is 0. The number of rotatable bonds is 5. The fourth-order valence-corrected chi connectivity index (χ4v) is 2.15. The summed E-state index contributed by atoms with van der Waals surface area (Å²) in [5.74, 6) is -0.132. The first kappa shape index (κ1) is 13.1. The predicted octanol–water partition coefficient (Wildman–Crippen LogP) is 2.65. The Morgan fingerprint density at radius 2 is 2.39 bits per heavy atom. The van der Waals surface area contributed by atoms with E-state index in [9.17, 15) is 4.79 Å². The maximum Gasteiger partial charge on any atom is 0.306 e. The van der Waals surface area contributed by atoms with Crippen LogP contribution in [-0.2, 0) is 20.7 Å². The topological polar surface area (TPSA) is 35.5 Å². The van der Waals surface area contributed by atoms with E-state index in [0.717, 1.165) is 25.9 Å². The average molecular weight is 248 g/mol. The molecule has 0 radical (unpaired) electrons. The van der Waals surface area contributed by atoms with Crippen LogP contribution in [0.1, 0.15) is 30.4 Å². The summed E-state index contributed by atoms with van der Waals surface area (Å²) in [5, 5.41) is 0. The first-order chi connectivity index (χ1) is 8.74. The van der Waals surface area contributed by atoms with Crippen molar-refractivity contribution < 1.29 is 14.3 Å². The standard InChI is InChI=1S/C15H20O3/c1-12-4-2-5-13(10-12)7-8-15(16)18-11-14-6-3-9-17-14/h2,4-5,10,14H,3,6-9,11H2,1H3. The summed E-state index contributed by atoms with van der Waals surface area (Å²) < 4.78 is 10.6. The summed E-state index contributed by atoms with van der Waals surface area (Å²) in [6.07, 6.45) is 3.38. The molecule has 1 aromatic carbocycles. The minimum absolute atomic E-state index is 0.118. The minimum Gasteiger partial charge on any atom is -0.463 e. The van der Waals surface area contributed by atoms with Crippen molar-refractivity contribution >= 4 is 5.97 Å². The van der Waals surface area contributed by atoms with Crippen LogP contribution in [0.5, 0.6) is 0 Å². The third-order valence-corrected chi connectivity index (χ3v) is 3.15. The average Bonchev–Trinajstić information content (AvgIpc) is 2.87. The second-order valence-electron chi connectivity index (χ2n) is 4.81. The van der Waals surface area contributed by atoms with Crippen molar-refractivity contribution in [2.75, 3.05) is 13.2 Å². The Bertz CT molecular complexity index is 394. The van der Waals surface area contributed by atoms with Crippen LogP contribution < -0.4 is 0 Å². The lowest BCUT2D eigenvalue weighted by Crippen LogP contribution is -2.18. The van der Waals surface area contributed by atoms with Gasteiger partial charge >= 0.3 is 5.97 Å². The molecule has 1 aliphatic rings. The van der Waals surface area contributed by atoms with E-state index in [-0.39, 0.29) is 12.1 Å². The lowest BCUT2D eigenvalue weighted by molar-refractivity contribution is -0.146. The lowest BCUT2D eigenvalue weighted by Gasteiger charge is -2.10. The molecule has 1 fully saturated rings. The van der Waals surface area contributed by atoms with Crippen molar-refractivity contribution in [1.82, 2.24) is 0 Å². The highest BCUT2D eigenvalue weighted by molar-refractivity contribution is 5.69. The van der Waals surface area contributed by atoms with Gasteiger partial charge in [0.15, 0.2) is 0 Å². The molecule has 0 saturated carbocycles. The molecule has 1 heterocycles. The first-order valence-electron chi connectivity index (χ1n) is 6.57. The Labute approximate surface area is 108 Å². The van der Waals surface area contributed by atoms with E-state index in [2.05, 4.69) is 19.1 Å². The largest absolute Gasteiger partial charge is 0.463 e. The Kier molecular flexibility index (Phi) is 4.76. The molecule has 18 heavy (non-hydrogen) atoms. The quantitative estimate of drug-likeness (QED) is 0.751. The molecule has 0 amide bonds. The highest BCUT2D eigenvalue weighted by Gasteiger charge is 2.17. The first-order valence-corrected chi connectivity index (χ1v) is 6.57. The third-order valence-electron chi connectivity index (χ3n) is 3.15. The molecular weight excluding hydrogens is 228 g/mol. The number of hydrogen-bond acceptors (Lipinski definition) is 3. The fraction of sp³-hybridized carbons (Fsp3) is 0.533. The number of aryl methyl sites for hydroxylation is 2. The molecule has 0 N–H and O–H groups in total. The van der Waals surface area contributed by atoms with Gasteiger partial charge in [-0.05, 0) is 31.7 Å². The Hall–Kier alpha value is -1.35. The predicted molar refractivity (Wildman–Crippen MR) is 69.4 cm³/mol. The van der Waals surface area contributed by atoms with Gasteiger partial charge in [-0.25, -0.2) is 0 Å². The van der Waals surface area contributed by atoms with E-state index in [4.69, 9.17) is 9.47 Å². The monoisotopic (exact) mass is 248 g/mol. The molecular formula is C15H20O3. The molecule has 0 spiro atoms. The Morgan fingerprint density at radius 3 is 3.11 bits per heavy atom. The van der Waals surface area contributed by atoms with E-state index < -0.39 is 0 Å². The fourth-order valence-electron chi connectivity index (χ4n) is 2.15. The third kappa shape index (κ3) is 4.15. The van der Waals surface area contributed by atoms with Gasteiger partial charge in [-0.3, -0.25) is 4.79 Å². The van der Waals surface area contributed by atoms with Gasteiger partial charge in [0.1, 0.15) is 6.61 Å². The zero-order valence-corrected chi connectivity index (χ0v) is 10.9. The van der Waals surface area contributed by atoms with Crippen LogP contribution >= 0.6 is 0 Å². The molecule has 1 atom stereocenters. The maximum atomic E-state index is 11.6. The van der Waals surface area contributed by atoms with Gasteiger partial charge < -0.3 is 9.47 Å². The van der Waals surface area contributed by atoms with Crippen LogP contribution in [0, 0.1) is 6.92 Å². The minimum atomic E-state index is -0.132. The Morgan fingerprint density at radius 1 is 1.50 bits per heavy atom. The van der Waals surface area contributed by atoms with Gasteiger partial charge in [-0.1, -0.05) is 29.8 Å². The number of esters is 1. The molecule has 1 aliphatic heterocycles. The second kappa shape index (κ2) is 6.55.